The Hall–Kier alpha value is -0.570. The molecule has 0 heterocycles. The molecule has 0 aromatic rings. The van der Waals surface area contributed by atoms with Gasteiger partial charge in [0.15, 0.2) is 0 Å². The summed E-state index contributed by atoms with van der Waals surface area (Å²) in [7, 11) is 0. The van der Waals surface area contributed by atoms with E-state index in [0.717, 1.165) is 25.3 Å². The molecule has 1 aliphatic carbocycles. The highest BCUT2D eigenvalue weighted by molar-refractivity contribution is 5.78. The summed E-state index contributed by atoms with van der Waals surface area (Å²) in [4.78, 5) is 14.3. The predicted molar refractivity (Wildman–Crippen MR) is 67.0 cm³/mol. The molecule has 0 spiro atoms. The number of nitrogens with zero attached hydrogens (tertiary/aromatic N) is 1. The summed E-state index contributed by atoms with van der Waals surface area (Å²) in [6, 6.07) is 0.327. The quantitative estimate of drug-likeness (QED) is 0.722. The molecule has 3 nitrogen and oxygen atoms in total. The number of rotatable bonds is 7. The fourth-order valence-corrected chi connectivity index (χ4v) is 1.96. The Balaban J connectivity index is 2.44. The van der Waals surface area contributed by atoms with Crippen LogP contribution < -0.4 is 5.73 Å². The Morgan fingerprint density at radius 3 is 2.44 bits per heavy atom. The molecule has 1 fully saturated rings. The minimum Gasteiger partial charge on any atom is -0.340 e. The molecule has 0 aromatic carbocycles. The summed E-state index contributed by atoms with van der Waals surface area (Å²) in [5.41, 5.74) is 5.48. The minimum absolute atomic E-state index is 0.129. The number of hydrogen-bond acceptors (Lipinski definition) is 2. The van der Waals surface area contributed by atoms with E-state index < -0.39 is 0 Å². The summed E-state index contributed by atoms with van der Waals surface area (Å²) < 4.78 is 0. The van der Waals surface area contributed by atoms with Gasteiger partial charge in [-0.15, -0.1) is 0 Å². The van der Waals surface area contributed by atoms with Crippen LogP contribution in [0.1, 0.15) is 46.5 Å². The average Bonchev–Trinajstić information content (AvgIpc) is 3.04. The van der Waals surface area contributed by atoms with Crippen molar-refractivity contribution in [3.63, 3.8) is 0 Å². The molecule has 1 aliphatic rings. The summed E-state index contributed by atoms with van der Waals surface area (Å²) in [5, 5.41) is 0. The van der Waals surface area contributed by atoms with Gasteiger partial charge in [-0.05, 0) is 52.0 Å². The van der Waals surface area contributed by atoms with Crippen molar-refractivity contribution >= 4 is 5.91 Å². The van der Waals surface area contributed by atoms with Crippen molar-refractivity contribution in [1.29, 1.82) is 0 Å². The lowest BCUT2D eigenvalue weighted by atomic mass is 10.0. The normalized spacial score (nSPS) is 17.6. The van der Waals surface area contributed by atoms with E-state index in [4.69, 9.17) is 5.73 Å². The summed E-state index contributed by atoms with van der Waals surface area (Å²) in [5.74, 6) is 1.22. The van der Waals surface area contributed by atoms with E-state index in [0.29, 0.717) is 18.5 Å². The van der Waals surface area contributed by atoms with E-state index in [9.17, 15) is 4.79 Å². The van der Waals surface area contributed by atoms with Gasteiger partial charge in [-0.2, -0.15) is 0 Å². The third-order valence-electron chi connectivity index (χ3n) is 3.32. The SMILES string of the molecule is CC(CCCN)C(=O)N(CC1CC1)C(C)C. The monoisotopic (exact) mass is 226 g/mol. The number of amides is 1. The first-order chi connectivity index (χ1) is 7.56. The maximum atomic E-state index is 12.2. The molecule has 1 atom stereocenters. The van der Waals surface area contributed by atoms with E-state index in [1.807, 2.05) is 6.92 Å². The third-order valence-corrected chi connectivity index (χ3v) is 3.32. The zero-order chi connectivity index (χ0) is 12.1. The van der Waals surface area contributed by atoms with Crippen LogP contribution in [-0.4, -0.2) is 29.9 Å². The van der Waals surface area contributed by atoms with Gasteiger partial charge in [-0.25, -0.2) is 0 Å². The zero-order valence-corrected chi connectivity index (χ0v) is 10.9. The summed E-state index contributed by atoms with van der Waals surface area (Å²) >= 11 is 0. The molecule has 16 heavy (non-hydrogen) atoms. The number of nitrogens with two attached hydrogens (primary N) is 1. The van der Waals surface area contributed by atoms with Crippen LogP contribution >= 0.6 is 0 Å². The molecule has 0 aliphatic heterocycles. The van der Waals surface area contributed by atoms with Gasteiger partial charge in [0, 0.05) is 18.5 Å². The summed E-state index contributed by atoms with van der Waals surface area (Å²) in [6.45, 7) is 7.89. The van der Waals surface area contributed by atoms with Gasteiger partial charge >= 0.3 is 0 Å². The molecular weight excluding hydrogens is 200 g/mol. The first-order valence-electron chi connectivity index (χ1n) is 6.56. The van der Waals surface area contributed by atoms with Crippen molar-refractivity contribution in [1.82, 2.24) is 4.90 Å². The molecule has 0 saturated heterocycles. The van der Waals surface area contributed by atoms with Gasteiger partial charge in [0.2, 0.25) is 5.91 Å². The van der Waals surface area contributed by atoms with Crippen molar-refractivity contribution in [2.75, 3.05) is 13.1 Å². The fourth-order valence-electron chi connectivity index (χ4n) is 1.96. The lowest BCUT2D eigenvalue weighted by Gasteiger charge is -2.29. The maximum absolute atomic E-state index is 12.2. The van der Waals surface area contributed by atoms with Crippen LogP contribution in [0.4, 0.5) is 0 Å². The van der Waals surface area contributed by atoms with E-state index in [1.54, 1.807) is 0 Å². The van der Waals surface area contributed by atoms with Crippen molar-refractivity contribution < 1.29 is 4.79 Å². The molecule has 3 heteroatoms. The molecule has 0 bridgehead atoms. The second kappa shape index (κ2) is 6.24. The third kappa shape index (κ3) is 4.12. The van der Waals surface area contributed by atoms with Crippen molar-refractivity contribution in [2.24, 2.45) is 17.6 Å². The molecule has 1 unspecified atom stereocenters. The van der Waals surface area contributed by atoms with Crippen molar-refractivity contribution in [3.05, 3.63) is 0 Å². The van der Waals surface area contributed by atoms with Crippen molar-refractivity contribution in [2.45, 2.75) is 52.5 Å². The lowest BCUT2D eigenvalue weighted by Crippen LogP contribution is -2.41. The van der Waals surface area contributed by atoms with Gasteiger partial charge in [-0.3, -0.25) is 4.79 Å². The molecule has 1 rings (SSSR count). The Labute approximate surface area is 99.4 Å². The Morgan fingerprint density at radius 1 is 1.38 bits per heavy atom. The van der Waals surface area contributed by atoms with Gasteiger partial charge in [-0.1, -0.05) is 6.92 Å². The predicted octanol–water partition coefficient (Wildman–Crippen LogP) is 2.01. The first kappa shape index (κ1) is 13.5. The van der Waals surface area contributed by atoms with E-state index in [1.165, 1.54) is 12.8 Å². The van der Waals surface area contributed by atoms with Gasteiger partial charge in [0.25, 0.3) is 0 Å². The highest BCUT2D eigenvalue weighted by Gasteiger charge is 2.29. The largest absolute Gasteiger partial charge is 0.340 e. The second-order valence-corrected chi connectivity index (χ2v) is 5.36. The van der Waals surface area contributed by atoms with Crippen LogP contribution in [0.25, 0.3) is 0 Å². The molecule has 2 N–H and O–H groups in total. The van der Waals surface area contributed by atoms with E-state index >= 15 is 0 Å². The highest BCUT2D eigenvalue weighted by Crippen LogP contribution is 2.31. The zero-order valence-electron chi connectivity index (χ0n) is 10.9. The Morgan fingerprint density at radius 2 is 2.00 bits per heavy atom. The van der Waals surface area contributed by atoms with Crippen LogP contribution in [0, 0.1) is 11.8 Å². The smallest absolute Gasteiger partial charge is 0.225 e. The standard InChI is InChI=1S/C13H26N2O/c1-10(2)15(9-12-6-7-12)13(16)11(3)5-4-8-14/h10-12H,4-9,14H2,1-3H3. The van der Waals surface area contributed by atoms with Crippen LogP contribution in [0.3, 0.4) is 0 Å². The lowest BCUT2D eigenvalue weighted by molar-refractivity contribution is -0.137. The summed E-state index contributed by atoms with van der Waals surface area (Å²) in [6.07, 6.45) is 4.47. The van der Waals surface area contributed by atoms with Gasteiger partial charge in [0.05, 0.1) is 0 Å². The van der Waals surface area contributed by atoms with Crippen LogP contribution in [-0.2, 0) is 4.79 Å². The maximum Gasteiger partial charge on any atom is 0.225 e. The van der Waals surface area contributed by atoms with Crippen LogP contribution in [0.5, 0.6) is 0 Å². The fraction of sp³-hybridized carbons (Fsp3) is 0.923. The van der Waals surface area contributed by atoms with Gasteiger partial charge in [0.1, 0.15) is 0 Å². The van der Waals surface area contributed by atoms with Crippen molar-refractivity contribution in [3.8, 4) is 0 Å². The molecular formula is C13H26N2O. The highest BCUT2D eigenvalue weighted by atomic mass is 16.2. The number of carbonyl (C=O) groups excluding carboxylic acids is 1. The van der Waals surface area contributed by atoms with Crippen LogP contribution in [0.15, 0.2) is 0 Å². The Bertz CT molecular complexity index is 224. The topological polar surface area (TPSA) is 46.3 Å². The molecule has 0 aromatic heterocycles. The van der Waals surface area contributed by atoms with Gasteiger partial charge < -0.3 is 10.6 Å². The number of hydrogen-bond donors (Lipinski definition) is 1. The minimum atomic E-state index is 0.129. The number of carbonyl (C=O) groups is 1. The molecule has 94 valence electrons. The van der Waals surface area contributed by atoms with E-state index in [-0.39, 0.29) is 5.92 Å². The molecule has 0 radical (unpaired) electrons. The average molecular weight is 226 g/mol. The second-order valence-electron chi connectivity index (χ2n) is 5.36. The molecule has 1 saturated carbocycles. The van der Waals surface area contributed by atoms with Crippen LogP contribution in [0.2, 0.25) is 0 Å². The van der Waals surface area contributed by atoms with E-state index in [2.05, 4.69) is 18.7 Å². The first-order valence-corrected chi connectivity index (χ1v) is 6.56. The molecule has 1 amide bonds. The Kier molecular flexibility index (Phi) is 5.26.